The van der Waals surface area contributed by atoms with Crippen molar-refractivity contribution in [2.75, 3.05) is 27.4 Å². The van der Waals surface area contributed by atoms with Crippen molar-refractivity contribution in [2.24, 2.45) is 0 Å². The first-order valence-corrected chi connectivity index (χ1v) is 6.21. The summed E-state index contributed by atoms with van der Waals surface area (Å²) in [4.78, 5) is 0. The Morgan fingerprint density at radius 1 is 1.28 bits per heavy atom. The van der Waals surface area contributed by atoms with Crippen LogP contribution < -0.4 is 20.9 Å². The molecule has 0 amide bonds. The molecule has 0 aliphatic carbocycles. The highest BCUT2D eigenvalue weighted by Gasteiger charge is 2.26. The van der Waals surface area contributed by atoms with Crippen LogP contribution in [0.15, 0.2) is 24.3 Å². The minimum atomic E-state index is 0.259. The van der Waals surface area contributed by atoms with E-state index < -0.39 is 0 Å². The summed E-state index contributed by atoms with van der Waals surface area (Å²) >= 11 is 0. The van der Waals surface area contributed by atoms with Crippen molar-refractivity contribution in [3.63, 3.8) is 0 Å². The van der Waals surface area contributed by atoms with Crippen molar-refractivity contribution >= 4 is 0 Å². The first-order valence-electron chi connectivity index (χ1n) is 6.21. The van der Waals surface area contributed by atoms with E-state index in [1.165, 1.54) is 5.56 Å². The molecule has 0 aromatic heterocycles. The van der Waals surface area contributed by atoms with Crippen LogP contribution in [0.3, 0.4) is 0 Å². The molecule has 18 heavy (non-hydrogen) atoms. The summed E-state index contributed by atoms with van der Waals surface area (Å²) in [5, 5.41) is 3.38. The zero-order valence-corrected chi connectivity index (χ0v) is 10.9. The fourth-order valence-corrected chi connectivity index (χ4v) is 2.18. The van der Waals surface area contributed by atoms with Gasteiger partial charge >= 0.3 is 0 Å². The van der Waals surface area contributed by atoms with Crippen LogP contribution in [-0.4, -0.2) is 33.5 Å². The number of hydrogen-bond acceptors (Lipinski definition) is 5. The molecule has 5 nitrogen and oxygen atoms in total. The topological polar surface area (TPSA) is 54.5 Å². The van der Waals surface area contributed by atoms with Crippen LogP contribution in [0.1, 0.15) is 18.0 Å². The lowest BCUT2D eigenvalue weighted by molar-refractivity contribution is 0.194. The smallest absolute Gasteiger partial charge is 0.123 e. The first kappa shape index (κ1) is 13.3. The maximum Gasteiger partial charge on any atom is 0.123 e. The fourth-order valence-electron chi connectivity index (χ4n) is 2.18. The molecule has 100 valence electrons. The van der Waals surface area contributed by atoms with Crippen LogP contribution in [0, 0.1) is 0 Å². The van der Waals surface area contributed by atoms with Gasteiger partial charge in [-0.1, -0.05) is 18.2 Å². The van der Waals surface area contributed by atoms with Crippen LogP contribution in [-0.2, 0) is 4.74 Å². The number of hydrazine groups is 1. The third-order valence-electron chi connectivity index (χ3n) is 3.11. The van der Waals surface area contributed by atoms with E-state index in [4.69, 9.17) is 9.47 Å². The van der Waals surface area contributed by atoms with E-state index in [0.29, 0.717) is 0 Å². The fraction of sp³-hybridized carbons (Fsp3) is 0.538. The standard InChI is InChI=1S/C13H21N3O2/c1-17-8-7-14-13-9-11(15-16-13)10-5-3-4-6-12(10)18-2/h3-6,11,13-16H,7-9H2,1-2H3. The molecular weight excluding hydrogens is 230 g/mol. The minimum Gasteiger partial charge on any atom is -0.496 e. The second kappa shape index (κ2) is 6.70. The van der Waals surface area contributed by atoms with E-state index in [0.717, 1.165) is 25.3 Å². The third kappa shape index (κ3) is 3.20. The molecule has 1 aromatic carbocycles. The highest BCUT2D eigenvalue weighted by atomic mass is 16.5. The van der Waals surface area contributed by atoms with E-state index in [9.17, 15) is 0 Å². The van der Waals surface area contributed by atoms with E-state index >= 15 is 0 Å². The molecule has 0 spiro atoms. The van der Waals surface area contributed by atoms with Crippen molar-refractivity contribution in [1.29, 1.82) is 0 Å². The van der Waals surface area contributed by atoms with Crippen molar-refractivity contribution in [3.05, 3.63) is 29.8 Å². The van der Waals surface area contributed by atoms with E-state index in [-0.39, 0.29) is 12.2 Å². The molecular formula is C13H21N3O2. The van der Waals surface area contributed by atoms with Crippen molar-refractivity contribution in [3.8, 4) is 5.75 Å². The summed E-state index contributed by atoms with van der Waals surface area (Å²) in [6, 6.07) is 8.36. The molecule has 2 unspecified atom stereocenters. The van der Waals surface area contributed by atoms with Gasteiger partial charge in [-0.25, -0.2) is 10.9 Å². The molecule has 0 radical (unpaired) electrons. The number of rotatable bonds is 6. The van der Waals surface area contributed by atoms with Gasteiger partial charge in [0.15, 0.2) is 0 Å². The molecule has 1 aliphatic heterocycles. The number of para-hydroxylation sites is 1. The summed E-state index contributed by atoms with van der Waals surface area (Å²) in [7, 11) is 3.41. The second-order valence-electron chi connectivity index (χ2n) is 4.32. The van der Waals surface area contributed by atoms with Gasteiger partial charge in [-0.15, -0.1) is 0 Å². The maximum atomic E-state index is 5.38. The number of ether oxygens (including phenoxy) is 2. The van der Waals surface area contributed by atoms with Crippen molar-refractivity contribution < 1.29 is 9.47 Å². The van der Waals surface area contributed by atoms with Gasteiger partial charge < -0.3 is 9.47 Å². The van der Waals surface area contributed by atoms with Gasteiger partial charge in [0.2, 0.25) is 0 Å². The maximum absolute atomic E-state index is 5.38. The molecule has 2 rings (SSSR count). The Balaban J connectivity index is 1.91. The number of benzene rings is 1. The lowest BCUT2D eigenvalue weighted by Crippen LogP contribution is -2.42. The van der Waals surface area contributed by atoms with Crippen LogP contribution in [0.2, 0.25) is 0 Å². The van der Waals surface area contributed by atoms with Crippen LogP contribution >= 0.6 is 0 Å². The second-order valence-corrected chi connectivity index (χ2v) is 4.32. The average molecular weight is 251 g/mol. The Bertz CT molecular complexity index is 373. The summed E-state index contributed by atoms with van der Waals surface area (Å²) in [5.74, 6) is 0.925. The normalized spacial score (nSPS) is 23.2. The SMILES string of the molecule is COCCNC1CC(c2ccccc2OC)NN1. The summed E-state index contributed by atoms with van der Waals surface area (Å²) in [5.41, 5.74) is 7.72. The Labute approximate surface area is 108 Å². The van der Waals surface area contributed by atoms with Gasteiger partial charge in [-0.3, -0.25) is 5.32 Å². The van der Waals surface area contributed by atoms with E-state index in [1.807, 2.05) is 18.2 Å². The quantitative estimate of drug-likeness (QED) is 0.653. The number of nitrogens with one attached hydrogen (secondary N) is 3. The molecule has 0 bridgehead atoms. The molecule has 1 fully saturated rings. The molecule has 1 heterocycles. The zero-order valence-electron chi connectivity index (χ0n) is 10.9. The first-order chi connectivity index (χ1) is 8.85. The summed E-state index contributed by atoms with van der Waals surface area (Å²) in [6.45, 7) is 1.56. The predicted molar refractivity (Wildman–Crippen MR) is 70.3 cm³/mol. The molecule has 2 atom stereocenters. The number of hydrogen-bond donors (Lipinski definition) is 3. The molecule has 1 aromatic rings. The van der Waals surface area contributed by atoms with Gasteiger partial charge in [0.1, 0.15) is 5.75 Å². The lowest BCUT2D eigenvalue weighted by Gasteiger charge is -2.14. The third-order valence-corrected chi connectivity index (χ3v) is 3.11. The summed E-state index contributed by atoms with van der Waals surface area (Å²) < 4.78 is 10.4. The Hall–Kier alpha value is -1.14. The van der Waals surface area contributed by atoms with Crippen molar-refractivity contribution in [2.45, 2.75) is 18.6 Å². The van der Waals surface area contributed by atoms with Gasteiger partial charge in [-0.05, 0) is 12.5 Å². The van der Waals surface area contributed by atoms with Gasteiger partial charge in [0.05, 0.1) is 25.9 Å². The van der Waals surface area contributed by atoms with Gasteiger partial charge in [-0.2, -0.15) is 0 Å². The predicted octanol–water partition coefficient (Wildman–Crippen LogP) is 0.796. The Kier molecular flexibility index (Phi) is 4.95. The highest BCUT2D eigenvalue weighted by Crippen LogP contribution is 2.29. The lowest BCUT2D eigenvalue weighted by atomic mass is 10.0. The van der Waals surface area contributed by atoms with Gasteiger partial charge in [0.25, 0.3) is 0 Å². The molecule has 0 saturated carbocycles. The monoisotopic (exact) mass is 251 g/mol. The highest BCUT2D eigenvalue weighted by molar-refractivity contribution is 5.36. The molecule has 1 saturated heterocycles. The Morgan fingerprint density at radius 3 is 2.89 bits per heavy atom. The largest absolute Gasteiger partial charge is 0.496 e. The van der Waals surface area contributed by atoms with E-state index in [2.05, 4.69) is 22.2 Å². The average Bonchev–Trinajstić information content (AvgIpc) is 2.88. The molecule has 3 N–H and O–H groups in total. The van der Waals surface area contributed by atoms with Crippen LogP contribution in [0.5, 0.6) is 5.75 Å². The molecule has 1 aliphatic rings. The minimum absolute atomic E-state index is 0.259. The Morgan fingerprint density at radius 2 is 2.11 bits per heavy atom. The van der Waals surface area contributed by atoms with Crippen LogP contribution in [0.4, 0.5) is 0 Å². The number of methoxy groups -OCH3 is 2. The zero-order chi connectivity index (χ0) is 12.8. The van der Waals surface area contributed by atoms with Gasteiger partial charge in [0, 0.05) is 19.2 Å². The van der Waals surface area contributed by atoms with Crippen LogP contribution in [0.25, 0.3) is 0 Å². The van der Waals surface area contributed by atoms with E-state index in [1.54, 1.807) is 14.2 Å². The van der Waals surface area contributed by atoms with Crippen molar-refractivity contribution in [1.82, 2.24) is 16.2 Å². The molecule has 5 heteroatoms. The summed E-state index contributed by atoms with van der Waals surface area (Å²) in [6.07, 6.45) is 1.24.